The summed E-state index contributed by atoms with van der Waals surface area (Å²) < 4.78 is 13.1. The molecule has 5 rings (SSSR count). The number of nitrogens with zero attached hydrogens (tertiary/aromatic N) is 3. The van der Waals surface area contributed by atoms with Gasteiger partial charge >= 0.3 is 0 Å². The fourth-order valence-electron chi connectivity index (χ4n) is 3.66. The van der Waals surface area contributed by atoms with Crippen LogP contribution in [0.3, 0.4) is 0 Å². The van der Waals surface area contributed by atoms with Crippen molar-refractivity contribution < 1.29 is 14.4 Å². The number of hydrogen-bond acceptors (Lipinski definition) is 6. The number of fused-ring (bicyclic) bond motifs is 2. The van der Waals surface area contributed by atoms with Crippen LogP contribution in [0.2, 0.25) is 0 Å². The van der Waals surface area contributed by atoms with Crippen LogP contribution < -0.4 is 15.0 Å². The van der Waals surface area contributed by atoms with E-state index < -0.39 is 4.92 Å². The van der Waals surface area contributed by atoms with Crippen LogP contribution >= 0.6 is 22.6 Å². The Labute approximate surface area is 201 Å². The maximum absolute atomic E-state index is 13.5. The van der Waals surface area contributed by atoms with Crippen LogP contribution in [0.25, 0.3) is 28.7 Å². The lowest BCUT2D eigenvalue weighted by Crippen LogP contribution is -2.22. The van der Waals surface area contributed by atoms with Gasteiger partial charge in [-0.2, -0.15) is 0 Å². The summed E-state index contributed by atoms with van der Waals surface area (Å²) in [6.07, 6.45) is 3.52. The van der Waals surface area contributed by atoms with Gasteiger partial charge in [-0.25, -0.2) is 4.98 Å². The van der Waals surface area contributed by atoms with Crippen molar-refractivity contribution in [1.82, 2.24) is 9.55 Å². The van der Waals surface area contributed by atoms with E-state index in [1.54, 1.807) is 43.3 Å². The predicted molar refractivity (Wildman–Crippen MR) is 133 cm³/mol. The molecule has 0 amide bonds. The molecule has 4 aromatic rings. The average Bonchev–Trinajstić information content (AvgIpc) is 3.27. The van der Waals surface area contributed by atoms with Crippen molar-refractivity contribution in [2.24, 2.45) is 0 Å². The topological polar surface area (TPSA) is 96.5 Å². The van der Waals surface area contributed by atoms with Gasteiger partial charge in [0.05, 0.1) is 21.5 Å². The SMILES string of the molecule is Cc1ccc(-n2c(/C=C/c3ccc4c(c3)OCO4)nc3ccc(I)cc3c2=O)cc1[N+](=O)[O-]. The third kappa shape index (κ3) is 3.95. The molecular formula is C24H16IN3O5. The minimum absolute atomic E-state index is 0.0622. The second-order valence-corrected chi connectivity index (χ2v) is 8.69. The summed E-state index contributed by atoms with van der Waals surface area (Å²) in [6, 6.07) is 15.7. The maximum Gasteiger partial charge on any atom is 0.274 e. The molecule has 3 aromatic carbocycles. The van der Waals surface area contributed by atoms with Crippen LogP contribution in [-0.4, -0.2) is 21.3 Å². The molecule has 0 saturated heterocycles. The highest BCUT2D eigenvalue weighted by Gasteiger charge is 2.17. The van der Waals surface area contributed by atoms with Gasteiger partial charge in [0.25, 0.3) is 11.2 Å². The first kappa shape index (κ1) is 21.1. The Morgan fingerprint density at radius 1 is 1.06 bits per heavy atom. The predicted octanol–water partition coefficient (Wildman–Crippen LogP) is 5.11. The molecular weight excluding hydrogens is 537 g/mol. The minimum Gasteiger partial charge on any atom is -0.454 e. The summed E-state index contributed by atoms with van der Waals surface area (Å²) in [5.41, 5.74) is 1.89. The van der Waals surface area contributed by atoms with Crippen molar-refractivity contribution in [1.29, 1.82) is 0 Å². The number of benzene rings is 3. The zero-order valence-electron chi connectivity index (χ0n) is 17.3. The minimum atomic E-state index is -0.455. The molecule has 8 nitrogen and oxygen atoms in total. The third-order valence-corrected chi connectivity index (χ3v) is 6.00. The fourth-order valence-corrected chi connectivity index (χ4v) is 4.15. The normalized spacial score (nSPS) is 12.5. The Hall–Kier alpha value is -3.73. The van der Waals surface area contributed by atoms with E-state index in [-0.39, 0.29) is 18.0 Å². The molecule has 0 bridgehead atoms. The molecule has 1 aliphatic rings. The monoisotopic (exact) mass is 553 g/mol. The van der Waals surface area contributed by atoms with Crippen molar-refractivity contribution in [3.05, 3.63) is 95.6 Å². The highest BCUT2D eigenvalue weighted by Crippen LogP contribution is 2.33. The van der Waals surface area contributed by atoms with E-state index in [1.807, 2.05) is 24.3 Å². The van der Waals surface area contributed by atoms with Gasteiger partial charge in [0.2, 0.25) is 6.79 Å². The Morgan fingerprint density at radius 2 is 1.88 bits per heavy atom. The lowest BCUT2D eigenvalue weighted by molar-refractivity contribution is -0.385. The third-order valence-electron chi connectivity index (χ3n) is 5.33. The summed E-state index contributed by atoms with van der Waals surface area (Å²) in [5, 5.41) is 11.9. The molecule has 0 atom stereocenters. The summed E-state index contributed by atoms with van der Waals surface area (Å²) in [5.74, 6) is 1.67. The number of aromatic nitrogens is 2. The first-order valence-corrected chi connectivity index (χ1v) is 11.0. The van der Waals surface area contributed by atoms with Gasteiger partial charge in [-0.15, -0.1) is 0 Å². The van der Waals surface area contributed by atoms with Crippen molar-refractivity contribution in [2.75, 3.05) is 6.79 Å². The number of nitro groups is 1. The van der Waals surface area contributed by atoms with Crippen molar-refractivity contribution in [2.45, 2.75) is 6.92 Å². The molecule has 0 saturated carbocycles. The van der Waals surface area contributed by atoms with Crippen LogP contribution in [0.4, 0.5) is 5.69 Å². The van der Waals surface area contributed by atoms with Gasteiger partial charge in [0.15, 0.2) is 11.5 Å². The molecule has 0 aliphatic carbocycles. The van der Waals surface area contributed by atoms with Crippen molar-refractivity contribution in [3.63, 3.8) is 0 Å². The number of rotatable bonds is 4. The number of ether oxygens (including phenoxy) is 2. The van der Waals surface area contributed by atoms with Gasteiger partial charge in [-0.1, -0.05) is 18.2 Å². The lowest BCUT2D eigenvalue weighted by atomic mass is 10.1. The number of hydrogen-bond donors (Lipinski definition) is 0. The van der Waals surface area contributed by atoms with Crippen LogP contribution in [0, 0.1) is 20.6 Å². The zero-order valence-corrected chi connectivity index (χ0v) is 19.5. The Balaban J connectivity index is 1.71. The molecule has 9 heteroatoms. The molecule has 1 aliphatic heterocycles. The van der Waals surface area contributed by atoms with E-state index in [9.17, 15) is 14.9 Å². The maximum atomic E-state index is 13.5. The lowest BCUT2D eigenvalue weighted by Gasteiger charge is -2.12. The van der Waals surface area contributed by atoms with E-state index in [0.29, 0.717) is 39.5 Å². The van der Waals surface area contributed by atoms with Crippen LogP contribution in [0.5, 0.6) is 11.5 Å². The van der Waals surface area contributed by atoms with E-state index in [1.165, 1.54) is 10.6 Å². The Kier molecular flexibility index (Phi) is 5.33. The highest BCUT2D eigenvalue weighted by atomic mass is 127. The molecule has 0 unspecified atom stereocenters. The smallest absolute Gasteiger partial charge is 0.274 e. The first-order chi connectivity index (χ1) is 15.9. The van der Waals surface area contributed by atoms with Crippen LogP contribution in [0.1, 0.15) is 17.0 Å². The van der Waals surface area contributed by atoms with Crippen molar-refractivity contribution >= 4 is 51.3 Å². The number of halogens is 1. The summed E-state index contributed by atoms with van der Waals surface area (Å²) in [4.78, 5) is 29.2. The molecule has 0 fully saturated rings. The molecule has 0 spiro atoms. The van der Waals surface area contributed by atoms with Gasteiger partial charge in [0, 0.05) is 15.2 Å². The second-order valence-electron chi connectivity index (χ2n) is 7.45. The van der Waals surface area contributed by atoms with Crippen molar-refractivity contribution in [3.8, 4) is 17.2 Å². The van der Waals surface area contributed by atoms with E-state index in [4.69, 9.17) is 9.47 Å². The van der Waals surface area contributed by atoms with Crippen LogP contribution in [-0.2, 0) is 0 Å². The van der Waals surface area contributed by atoms with Gasteiger partial charge in [0.1, 0.15) is 5.82 Å². The summed E-state index contributed by atoms with van der Waals surface area (Å²) in [7, 11) is 0. The summed E-state index contributed by atoms with van der Waals surface area (Å²) >= 11 is 2.14. The molecule has 33 heavy (non-hydrogen) atoms. The van der Waals surface area contributed by atoms with E-state index in [0.717, 1.165) is 9.13 Å². The van der Waals surface area contributed by atoms with E-state index in [2.05, 4.69) is 27.6 Å². The quantitative estimate of drug-likeness (QED) is 0.198. The summed E-state index contributed by atoms with van der Waals surface area (Å²) in [6.45, 7) is 1.84. The molecule has 164 valence electrons. The van der Waals surface area contributed by atoms with Crippen LogP contribution in [0.15, 0.2) is 59.4 Å². The average molecular weight is 553 g/mol. The largest absolute Gasteiger partial charge is 0.454 e. The van der Waals surface area contributed by atoms with E-state index >= 15 is 0 Å². The van der Waals surface area contributed by atoms with Gasteiger partial charge < -0.3 is 9.47 Å². The fraction of sp³-hybridized carbons (Fsp3) is 0.0833. The Bertz CT molecular complexity index is 1530. The Morgan fingerprint density at radius 3 is 2.70 bits per heavy atom. The zero-order chi connectivity index (χ0) is 23.1. The molecule has 0 N–H and O–H groups in total. The first-order valence-electron chi connectivity index (χ1n) is 9.96. The highest BCUT2D eigenvalue weighted by molar-refractivity contribution is 14.1. The molecule has 1 aromatic heterocycles. The second kappa shape index (κ2) is 8.32. The number of aryl methyl sites for hydroxylation is 1. The molecule has 0 radical (unpaired) electrons. The standard InChI is InChI=1S/C24H16IN3O5/c1-14-2-6-17(12-20(14)28(30)31)27-23(26-19-7-5-16(25)11-18(19)24(27)29)9-4-15-3-8-21-22(10-15)33-13-32-21/h2-12H,13H2,1H3/b9-4+. The van der Waals surface area contributed by atoms with Gasteiger partial charge in [-0.3, -0.25) is 19.5 Å². The molecule has 2 heterocycles. The van der Waals surface area contributed by atoms with Gasteiger partial charge in [-0.05, 0) is 77.6 Å². The number of nitro benzene ring substituents is 1.